The zero-order chi connectivity index (χ0) is 17.1. The highest BCUT2D eigenvalue weighted by molar-refractivity contribution is 8.15. The van der Waals surface area contributed by atoms with E-state index in [-0.39, 0.29) is 22.9 Å². The Labute approximate surface area is 161 Å². The summed E-state index contributed by atoms with van der Waals surface area (Å²) in [5, 5.41) is 0.898. The molecule has 0 atom stereocenters. The zero-order valence-corrected chi connectivity index (χ0v) is 16.5. The van der Waals surface area contributed by atoms with Gasteiger partial charge in [0.15, 0.2) is 11.5 Å². The summed E-state index contributed by atoms with van der Waals surface area (Å²) in [5.74, 6) is 2.46. The molecule has 0 saturated heterocycles. The minimum atomic E-state index is 0. The molecule has 0 unspecified atom stereocenters. The molecule has 0 saturated carbocycles. The number of rotatable bonds is 5. The fraction of sp³-hybridized carbons (Fsp3) is 0.222. The quantitative estimate of drug-likeness (QED) is 0.637. The first kappa shape index (κ1) is 19.3. The Hall–Kier alpha value is -1.99. The lowest BCUT2D eigenvalue weighted by molar-refractivity contribution is -0.358. The first-order valence-electron chi connectivity index (χ1n) is 7.37. The molecular weight excluding hydrogens is 406 g/mol. The van der Waals surface area contributed by atoms with Crippen molar-refractivity contribution in [1.29, 1.82) is 0 Å². The third-order valence-corrected chi connectivity index (χ3v) is 4.83. The van der Waals surface area contributed by atoms with Gasteiger partial charge in [0.1, 0.15) is 11.5 Å². The van der Waals surface area contributed by atoms with Crippen molar-refractivity contribution in [3.05, 3.63) is 48.0 Å². The lowest BCUT2D eigenvalue weighted by Crippen LogP contribution is -3.00. The molecule has 0 radical (unpaired) electrons. The van der Waals surface area contributed by atoms with Gasteiger partial charge in [0.25, 0.3) is 5.04 Å². The number of methoxy groups -OCH3 is 3. The second-order valence-corrected chi connectivity index (χ2v) is 6.05. The highest BCUT2D eigenvalue weighted by Gasteiger charge is 2.36. The van der Waals surface area contributed by atoms with Gasteiger partial charge in [0.2, 0.25) is 5.69 Å². The molecule has 0 aromatic heterocycles. The van der Waals surface area contributed by atoms with E-state index in [4.69, 9.17) is 14.2 Å². The second-order valence-electron chi connectivity index (χ2n) is 5.09. The van der Waals surface area contributed by atoms with Crippen molar-refractivity contribution in [2.45, 2.75) is 0 Å². The number of nitrogens with zero attached hydrogens (tertiary/aromatic N) is 1. The number of hydrogen-bond acceptors (Lipinski definition) is 5. The highest BCUT2D eigenvalue weighted by Crippen LogP contribution is 2.34. The summed E-state index contributed by atoms with van der Waals surface area (Å²) in [7, 11) is 4.80. The van der Waals surface area contributed by atoms with Crippen molar-refractivity contribution < 1.29 is 40.6 Å². The van der Waals surface area contributed by atoms with E-state index in [0.717, 1.165) is 22.0 Å². The third-order valence-electron chi connectivity index (χ3n) is 3.75. The molecule has 25 heavy (non-hydrogen) atoms. The molecule has 0 spiro atoms. The number of carbonyl (C=O) groups is 1. The van der Waals surface area contributed by atoms with Gasteiger partial charge in [-0.3, -0.25) is 0 Å². The summed E-state index contributed by atoms with van der Waals surface area (Å²) in [4.78, 5) is 12.4. The molecular formula is C18H18BrNO4S. The number of thioether (sulfide) groups is 1. The summed E-state index contributed by atoms with van der Waals surface area (Å²) in [6, 6.07) is 13.1. The first-order chi connectivity index (χ1) is 11.7. The van der Waals surface area contributed by atoms with Crippen molar-refractivity contribution in [1.82, 2.24) is 0 Å². The number of carbonyl (C=O) groups excluding carboxylic acids is 1. The lowest BCUT2D eigenvalue weighted by atomic mass is 10.2. The highest BCUT2D eigenvalue weighted by atomic mass is 79.9. The Bertz CT molecular complexity index is 805. The zero-order valence-electron chi connectivity index (χ0n) is 14.1. The number of benzene rings is 2. The standard InChI is InChI=1S/C18H18NO4S.BrH/c1-21-14-7-4-12(5-8-14)18-19(17(20)11-24-18)13-6-9-15(22-2)16(10-13)23-3;/h4-10H,11H2,1-3H3;1H/q+1;/p-1. The van der Waals surface area contributed by atoms with Crippen LogP contribution >= 0.6 is 11.8 Å². The van der Waals surface area contributed by atoms with Crippen LogP contribution in [-0.2, 0) is 4.79 Å². The van der Waals surface area contributed by atoms with Crippen LogP contribution in [-0.4, -0.2) is 42.6 Å². The number of hydrogen-bond donors (Lipinski definition) is 0. The molecule has 7 heteroatoms. The van der Waals surface area contributed by atoms with Crippen molar-refractivity contribution >= 4 is 28.4 Å². The van der Waals surface area contributed by atoms with Crippen LogP contribution in [0.15, 0.2) is 42.5 Å². The van der Waals surface area contributed by atoms with E-state index in [2.05, 4.69) is 0 Å². The largest absolute Gasteiger partial charge is 1.00 e. The molecule has 0 fully saturated rings. The van der Waals surface area contributed by atoms with Gasteiger partial charge in [-0.2, -0.15) is 0 Å². The van der Waals surface area contributed by atoms with Crippen molar-refractivity contribution in [2.75, 3.05) is 27.1 Å². The van der Waals surface area contributed by atoms with Crippen LogP contribution in [0, 0.1) is 0 Å². The third kappa shape index (κ3) is 3.82. The molecule has 0 N–H and O–H groups in total. The molecule has 132 valence electrons. The van der Waals surface area contributed by atoms with Gasteiger partial charge in [0, 0.05) is 6.07 Å². The van der Waals surface area contributed by atoms with Gasteiger partial charge in [-0.1, -0.05) is 0 Å². The van der Waals surface area contributed by atoms with E-state index in [1.54, 1.807) is 32.0 Å². The van der Waals surface area contributed by atoms with Crippen LogP contribution in [0.3, 0.4) is 0 Å². The van der Waals surface area contributed by atoms with Crippen LogP contribution in [0.5, 0.6) is 17.2 Å². The Morgan fingerprint density at radius 3 is 2.20 bits per heavy atom. The van der Waals surface area contributed by atoms with E-state index in [1.807, 2.05) is 36.4 Å². The maximum Gasteiger partial charge on any atom is 0.404 e. The average Bonchev–Trinajstić information content (AvgIpc) is 3.02. The molecule has 3 rings (SSSR count). The van der Waals surface area contributed by atoms with E-state index in [9.17, 15) is 4.79 Å². The SMILES string of the molecule is COc1ccc(C2=[N+](c3ccc(OC)c(OC)c3)C(=O)CS2)cc1.[Br-]. The van der Waals surface area contributed by atoms with Crippen molar-refractivity contribution in [2.24, 2.45) is 0 Å². The van der Waals surface area contributed by atoms with E-state index >= 15 is 0 Å². The minimum Gasteiger partial charge on any atom is -1.00 e. The van der Waals surface area contributed by atoms with Crippen LogP contribution in [0.4, 0.5) is 5.69 Å². The second kappa shape index (κ2) is 8.40. The van der Waals surface area contributed by atoms with Crippen LogP contribution in [0.1, 0.15) is 5.56 Å². The number of amides is 1. The molecule has 1 aliphatic rings. The predicted octanol–water partition coefficient (Wildman–Crippen LogP) is 0.0806. The fourth-order valence-electron chi connectivity index (χ4n) is 2.54. The summed E-state index contributed by atoms with van der Waals surface area (Å²) >= 11 is 1.52. The summed E-state index contributed by atoms with van der Waals surface area (Å²) in [5.41, 5.74) is 1.73. The van der Waals surface area contributed by atoms with Gasteiger partial charge in [-0.25, -0.2) is 4.79 Å². The monoisotopic (exact) mass is 423 g/mol. The average molecular weight is 424 g/mol. The van der Waals surface area contributed by atoms with Gasteiger partial charge in [-0.05, 0) is 42.1 Å². The van der Waals surface area contributed by atoms with Gasteiger partial charge < -0.3 is 31.2 Å². The molecule has 1 aliphatic heterocycles. The van der Waals surface area contributed by atoms with E-state index < -0.39 is 0 Å². The molecule has 0 bridgehead atoms. The van der Waals surface area contributed by atoms with Gasteiger partial charge in [-0.15, -0.1) is 4.58 Å². The lowest BCUT2D eigenvalue weighted by Gasteiger charge is -2.07. The minimum absolute atomic E-state index is 0. The normalized spacial score (nSPS) is 13.5. The Balaban J connectivity index is 0.00000225. The maximum absolute atomic E-state index is 12.4. The molecule has 0 aliphatic carbocycles. The van der Waals surface area contributed by atoms with Crippen molar-refractivity contribution in [3.63, 3.8) is 0 Å². The topological polar surface area (TPSA) is 47.8 Å². The molecule has 1 heterocycles. The molecule has 1 amide bonds. The predicted molar refractivity (Wildman–Crippen MR) is 94.0 cm³/mol. The number of ether oxygens (including phenoxy) is 3. The Morgan fingerprint density at radius 2 is 1.60 bits per heavy atom. The van der Waals surface area contributed by atoms with E-state index in [0.29, 0.717) is 17.3 Å². The number of halogens is 1. The smallest absolute Gasteiger partial charge is 0.404 e. The first-order valence-corrected chi connectivity index (χ1v) is 8.35. The maximum atomic E-state index is 12.4. The van der Waals surface area contributed by atoms with Crippen LogP contribution in [0.25, 0.3) is 0 Å². The van der Waals surface area contributed by atoms with Crippen LogP contribution < -0.4 is 31.2 Å². The summed E-state index contributed by atoms with van der Waals surface area (Å²) in [6.45, 7) is 0. The summed E-state index contributed by atoms with van der Waals surface area (Å²) in [6.07, 6.45) is 0. The summed E-state index contributed by atoms with van der Waals surface area (Å²) < 4.78 is 17.5. The molecule has 5 nitrogen and oxygen atoms in total. The van der Waals surface area contributed by atoms with Gasteiger partial charge in [0.05, 0.1) is 33.0 Å². The fourth-order valence-corrected chi connectivity index (χ4v) is 3.57. The van der Waals surface area contributed by atoms with Crippen LogP contribution in [0.2, 0.25) is 0 Å². The van der Waals surface area contributed by atoms with E-state index in [1.165, 1.54) is 11.8 Å². The Kier molecular flexibility index (Phi) is 6.50. The van der Waals surface area contributed by atoms with Gasteiger partial charge >= 0.3 is 5.91 Å². The Morgan fingerprint density at radius 1 is 0.920 bits per heavy atom. The molecule has 2 aromatic carbocycles. The molecule has 2 aromatic rings. The van der Waals surface area contributed by atoms with Crippen molar-refractivity contribution in [3.8, 4) is 17.2 Å².